The Morgan fingerprint density at radius 2 is 1.88 bits per heavy atom. The molecule has 2 aromatic rings. The van der Waals surface area contributed by atoms with Crippen molar-refractivity contribution in [3.63, 3.8) is 0 Å². The van der Waals surface area contributed by atoms with Crippen LogP contribution in [0.1, 0.15) is 11.4 Å². The smallest absolute Gasteiger partial charge is 0.0548 e. The maximum Gasteiger partial charge on any atom is 0.0548 e. The van der Waals surface area contributed by atoms with Crippen LogP contribution in [-0.4, -0.2) is 4.98 Å². The van der Waals surface area contributed by atoms with E-state index in [0.717, 1.165) is 32.0 Å². The molecule has 3 heteroatoms. The summed E-state index contributed by atoms with van der Waals surface area (Å²) in [6.45, 7) is 4.01. The number of benzene rings is 1. The van der Waals surface area contributed by atoms with Gasteiger partial charge < -0.3 is 0 Å². The lowest BCUT2D eigenvalue weighted by Gasteiger charge is -2.07. The zero-order valence-electron chi connectivity index (χ0n) is 9.09. The fourth-order valence-corrected chi connectivity index (χ4v) is 2.15. The highest BCUT2D eigenvalue weighted by Crippen LogP contribution is 2.29. The maximum absolute atomic E-state index is 5.97. The van der Waals surface area contributed by atoms with E-state index in [1.165, 1.54) is 0 Å². The van der Waals surface area contributed by atoms with Gasteiger partial charge in [-0.2, -0.15) is 0 Å². The molecule has 0 amide bonds. The van der Waals surface area contributed by atoms with Crippen LogP contribution in [0.2, 0.25) is 5.02 Å². The molecule has 0 unspecified atom stereocenters. The molecule has 1 nitrogen and oxygen atoms in total. The van der Waals surface area contributed by atoms with Crippen molar-refractivity contribution in [2.24, 2.45) is 0 Å². The summed E-state index contributed by atoms with van der Waals surface area (Å²) in [4.78, 5) is 4.45. The Morgan fingerprint density at radius 1 is 1.12 bits per heavy atom. The second-order valence-electron chi connectivity index (χ2n) is 3.71. The number of hydrogen-bond acceptors (Lipinski definition) is 1. The van der Waals surface area contributed by atoms with E-state index < -0.39 is 0 Å². The van der Waals surface area contributed by atoms with E-state index in [1.54, 1.807) is 0 Å². The minimum absolute atomic E-state index is 0.724. The molecular formula is C13H11BrClN. The van der Waals surface area contributed by atoms with Gasteiger partial charge in [0.25, 0.3) is 0 Å². The highest BCUT2D eigenvalue weighted by molar-refractivity contribution is 9.10. The molecule has 0 spiro atoms. The fraction of sp³-hybridized carbons (Fsp3) is 0.154. The number of halogens is 2. The third-order valence-electron chi connectivity index (χ3n) is 2.46. The standard InChI is InChI=1S/C13H11BrClN/c1-8-3-5-11(9(2)16-8)10-4-6-13(15)12(14)7-10/h3-7H,1-2H3. The molecule has 0 aliphatic rings. The lowest BCUT2D eigenvalue weighted by atomic mass is 10.0. The molecule has 2 rings (SSSR count). The first kappa shape index (κ1) is 11.6. The van der Waals surface area contributed by atoms with Crippen LogP contribution in [-0.2, 0) is 0 Å². The number of nitrogens with zero attached hydrogens (tertiary/aromatic N) is 1. The van der Waals surface area contributed by atoms with E-state index in [1.807, 2.05) is 38.1 Å². The van der Waals surface area contributed by atoms with Crippen molar-refractivity contribution in [3.05, 3.63) is 51.2 Å². The summed E-state index contributed by atoms with van der Waals surface area (Å²) in [6, 6.07) is 10.0. The molecule has 82 valence electrons. The minimum atomic E-state index is 0.724. The van der Waals surface area contributed by atoms with E-state index in [0.29, 0.717) is 0 Å². The van der Waals surface area contributed by atoms with Gasteiger partial charge in [0.15, 0.2) is 0 Å². The van der Waals surface area contributed by atoms with Crippen molar-refractivity contribution in [2.45, 2.75) is 13.8 Å². The third kappa shape index (κ3) is 2.28. The SMILES string of the molecule is Cc1ccc(-c2ccc(Cl)c(Br)c2)c(C)n1. The molecular weight excluding hydrogens is 286 g/mol. The van der Waals surface area contributed by atoms with Gasteiger partial charge in [0, 0.05) is 21.4 Å². The van der Waals surface area contributed by atoms with Crippen LogP contribution in [0.25, 0.3) is 11.1 Å². The largest absolute Gasteiger partial charge is 0.258 e. The van der Waals surface area contributed by atoms with Gasteiger partial charge in [0.05, 0.1) is 5.02 Å². The van der Waals surface area contributed by atoms with E-state index in [9.17, 15) is 0 Å². The summed E-state index contributed by atoms with van der Waals surface area (Å²) in [5, 5.41) is 0.724. The quantitative estimate of drug-likeness (QED) is 0.738. The first-order valence-corrected chi connectivity index (χ1v) is 6.14. The molecule has 0 fully saturated rings. The molecule has 0 saturated carbocycles. The van der Waals surface area contributed by atoms with Gasteiger partial charge in [-0.1, -0.05) is 23.7 Å². The zero-order chi connectivity index (χ0) is 11.7. The van der Waals surface area contributed by atoms with E-state index >= 15 is 0 Å². The topological polar surface area (TPSA) is 12.9 Å². The van der Waals surface area contributed by atoms with Gasteiger partial charge >= 0.3 is 0 Å². The van der Waals surface area contributed by atoms with Crippen molar-refractivity contribution in [1.82, 2.24) is 4.98 Å². The monoisotopic (exact) mass is 295 g/mol. The molecule has 1 aromatic heterocycles. The predicted octanol–water partition coefficient (Wildman–Crippen LogP) is 4.78. The molecule has 16 heavy (non-hydrogen) atoms. The van der Waals surface area contributed by atoms with Gasteiger partial charge in [0.1, 0.15) is 0 Å². The van der Waals surface area contributed by atoms with Crippen molar-refractivity contribution in [3.8, 4) is 11.1 Å². The first-order valence-electron chi connectivity index (χ1n) is 4.97. The van der Waals surface area contributed by atoms with Crippen molar-refractivity contribution in [1.29, 1.82) is 0 Å². The van der Waals surface area contributed by atoms with Crippen molar-refractivity contribution < 1.29 is 0 Å². The molecule has 0 aliphatic heterocycles. The molecule has 0 aliphatic carbocycles. The average Bonchev–Trinajstić information content (AvgIpc) is 2.22. The second kappa shape index (κ2) is 4.56. The Balaban J connectivity index is 2.54. The molecule has 0 saturated heterocycles. The Labute approximate surface area is 109 Å². The Bertz CT molecular complexity index is 537. The Morgan fingerprint density at radius 3 is 2.50 bits per heavy atom. The van der Waals surface area contributed by atoms with Crippen molar-refractivity contribution >= 4 is 27.5 Å². The van der Waals surface area contributed by atoms with Gasteiger partial charge in [0.2, 0.25) is 0 Å². The molecule has 1 heterocycles. The van der Waals surface area contributed by atoms with Crippen LogP contribution in [0.4, 0.5) is 0 Å². The number of aromatic nitrogens is 1. The Hall–Kier alpha value is -0.860. The van der Waals surface area contributed by atoms with Crippen LogP contribution in [0.15, 0.2) is 34.8 Å². The molecule has 0 bridgehead atoms. The van der Waals surface area contributed by atoms with Crippen LogP contribution >= 0.6 is 27.5 Å². The lowest BCUT2D eigenvalue weighted by Crippen LogP contribution is -1.90. The lowest BCUT2D eigenvalue weighted by molar-refractivity contribution is 1.13. The van der Waals surface area contributed by atoms with Gasteiger partial charge in [-0.05, 0) is 53.5 Å². The first-order chi connectivity index (χ1) is 7.58. The molecule has 1 aromatic carbocycles. The summed E-state index contributed by atoms with van der Waals surface area (Å²) in [5.74, 6) is 0. The number of hydrogen-bond donors (Lipinski definition) is 0. The number of aryl methyl sites for hydroxylation is 2. The minimum Gasteiger partial charge on any atom is -0.258 e. The molecule has 0 radical (unpaired) electrons. The van der Waals surface area contributed by atoms with Crippen LogP contribution in [0, 0.1) is 13.8 Å². The second-order valence-corrected chi connectivity index (χ2v) is 4.98. The van der Waals surface area contributed by atoms with Gasteiger partial charge in [-0.15, -0.1) is 0 Å². The summed E-state index contributed by atoms with van der Waals surface area (Å²) in [7, 11) is 0. The van der Waals surface area contributed by atoms with Crippen LogP contribution in [0.3, 0.4) is 0 Å². The number of rotatable bonds is 1. The van der Waals surface area contributed by atoms with E-state index in [-0.39, 0.29) is 0 Å². The fourth-order valence-electron chi connectivity index (χ4n) is 1.66. The number of pyridine rings is 1. The molecule has 0 atom stereocenters. The third-order valence-corrected chi connectivity index (χ3v) is 3.67. The normalized spacial score (nSPS) is 10.5. The Kier molecular flexibility index (Phi) is 3.31. The summed E-state index contributed by atoms with van der Waals surface area (Å²) in [5.41, 5.74) is 4.34. The average molecular weight is 297 g/mol. The van der Waals surface area contributed by atoms with E-state index in [4.69, 9.17) is 11.6 Å². The highest BCUT2D eigenvalue weighted by atomic mass is 79.9. The van der Waals surface area contributed by atoms with Crippen LogP contribution in [0.5, 0.6) is 0 Å². The van der Waals surface area contributed by atoms with Crippen LogP contribution < -0.4 is 0 Å². The van der Waals surface area contributed by atoms with Gasteiger partial charge in [-0.25, -0.2) is 0 Å². The highest BCUT2D eigenvalue weighted by Gasteiger charge is 2.05. The summed E-state index contributed by atoms with van der Waals surface area (Å²) >= 11 is 9.40. The summed E-state index contributed by atoms with van der Waals surface area (Å²) in [6.07, 6.45) is 0. The zero-order valence-corrected chi connectivity index (χ0v) is 11.4. The molecule has 0 N–H and O–H groups in total. The van der Waals surface area contributed by atoms with Crippen molar-refractivity contribution in [2.75, 3.05) is 0 Å². The van der Waals surface area contributed by atoms with E-state index in [2.05, 4.69) is 27.0 Å². The predicted molar refractivity (Wildman–Crippen MR) is 71.9 cm³/mol. The summed E-state index contributed by atoms with van der Waals surface area (Å²) < 4.78 is 0.909. The van der Waals surface area contributed by atoms with Gasteiger partial charge in [-0.3, -0.25) is 4.98 Å². The maximum atomic E-state index is 5.97.